The molecule has 1 aromatic rings. The first-order valence-electron chi connectivity index (χ1n) is 9.10. The fraction of sp³-hybridized carbons (Fsp3) is 0.667. The summed E-state index contributed by atoms with van der Waals surface area (Å²) in [6, 6.07) is 6.11. The number of nitrogens with zero attached hydrogens (tertiary/aromatic N) is 3. The molecule has 3 saturated heterocycles. The van der Waals surface area contributed by atoms with Crippen molar-refractivity contribution in [2.24, 2.45) is 5.92 Å². The Hall–Kier alpha value is -1.82. The second-order valence-electron chi connectivity index (χ2n) is 7.16. The summed E-state index contributed by atoms with van der Waals surface area (Å²) >= 11 is 0. The summed E-state index contributed by atoms with van der Waals surface area (Å²) in [5, 5.41) is 3.38. The Labute approximate surface area is 143 Å². The SMILES string of the molecule is O=C(N1CCCC1)N1CC2(C1)OCC[C@H]2CCNc1ccccn1. The molecule has 1 atom stereocenters. The molecule has 0 saturated carbocycles. The molecule has 1 N–H and O–H groups in total. The lowest BCUT2D eigenvalue weighted by molar-refractivity contribution is -0.118. The van der Waals surface area contributed by atoms with Crippen LogP contribution in [0, 0.1) is 5.92 Å². The number of anilines is 1. The van der Waals surface area contributed by atoms with Crippen LogP contribution < -0.4 is 5.32 Å². The van der Waals surface area contributed by atoms with E-state index < -0.39 is 0 Å². The maximum Gasteiger partial charge on any atom is 0.320 e. The molecule has 4 rings (SSSR count). The Morgan fingerprint density at radius 2 is 2.12 bits per heavy atom. The first-order chi connectivity index (χ1) is 11.8. The Morgan fingerprint density at radius 3 is 2.88 bits per heavy atom. The van der Waals surface area contributed by atoms with Gasteiger partial charge in [0, 0.05) is 32.4 Å². The lowest BCUT2D eigenvalue weighted by atomic mass is 9.79. The molecule has 1 spiro atoms. The zero-order chi connectivity index (χ0) is 16.4. The van der Waals surface area contributed by atoms with Crippen molar-refractivity contribution in [3.05, 3.63) is 24.4 Å². The molecule has 3 aliphatic rings. The van der Waals surface area contributed by atoms with Crippen LogP contribution >= 0.6 is 0 Å². The van der Waals surface area contributed by atoms with E-state index in [1.54, 1.807) is 6.20 Å². The van der Waals surface area contributed by atoms with Crippen LogP contribution in [0.2, 0.25) is 0 Å². The molecule has 0 radical (unpaired) electrons. The third-order valence-corrected chi connectivity index (χ3v) is 5.63. The Bertz CT molecular complexity index is 568. The number of carbonyl (C=O) groups is 1. The van der Waals surface area contributed by atoms with Crippen LogP contribution in [0.3, 0.4) is 0 Å². The van der Waals surface area contributed by atoms with Gasteiger partial charge in [0.2, 0.25) is 0 Å². The molecule has 0 bridgehead atoms. The Kier molecular flexibility index (Phi) is 4.31. The van der Waals surface area contributed by atoms with Crippen molar-refractivity contribution in [2.45, 2.75) is 31.3 Å². The van der Waals surface area contributed by atoms with Crippen LogP contribution in [0.1, 0.15) is 25.7 Å². The van der Waals surface area contributed by atoms with E-state index in [1.165, 1.54) is 0 Å². The van der Waals surface area contributed by atoms with Crippen molar-refractivity contribution in [3.63, 3.8) is 0 Å². The third-order valence-electron chi connectivity index (χ3n) is 5.63. The number of amides is 2. The third kappa shape index (κ3) is 2.95. The first kappa shape index (κ1) is 15.7. The standard InChI is InChI=1S/C18H26N4O2/c23-17(21-10-3-4-11-21)22-13-18(14-22)15(7-12-24-18)6-9-20-16-5-1-2-8-19-16/h1-2,5,8,15H,3-4,6-7,9-14H2,(H,19,20)/t15-/m1/s1. The minimum atomic E-state index is -0.0961. The largest absolute Gasteiger partial charge is 0.371 e. The molecule has 24 heavy (non-hydrogen) atoms. The smallest absolute Gasteiger partial charge is 0.320 e. The van der Waals surface area contributed by atoms with Crippen LogP contribution in [0.4, 0.5) is 10.6 Å². The highest BCUT2D eigenvalue weighted by Gasteiger charge is 2.54. The van der Waals surface area contributed by atoms with Crippen LogP contribution in [-0.2, 0) is 4.74 Å². The average molecular weight is 330 g/mol. The average Bonchev–Trinajstić information content (AvgIpc) is 3.24. The van der Waals surface area contributed by atoms with Gasteiger partial charge in [0.15, 0.2) is 0 Å². The number of rotatable bonds is 4. The Morgan fingerprint density at radius 1 is 1.29 bits per heavy atom. The van der Waals surface area contributed by atoms with Crippen molar-refractivity contribution in [1.29, 1.82) is 0 Å². The summed E-state index contributed by atoms with van der Waals surface area (Å²) in [7, 11) is 0. The number of aromatic nitrogens is 1. The van der Waals surface area contributed by atoms with Gasteiger partial charge >= 0.3 is 6.03 Å². The molecule has 2 amide bonds. The zero-order valence-corrected chi connectivity index (χ0v) is 14.1. The van der Waals surface area contributed by atoms with E-state index in [4.69, 9.17) is 4.74 Å². The molecule has 3 aliphatic heterocycles. The maximum atomic E-state index is 12.4. The van der Waals surface area contributed by atoms with Gasteiger partial charge in [0.25, 0.3) is 0 Å². The number of urea groups is 1. The summed E-state index contributed by atoms with van der Waals surface area (Å²) < 4.78 is 6.08. The van der Waals surface area contributed by atoms with Gasteiger partial charge in [-0.3, -0.25) is 0 Å². The van der Waals surface area contributed by atoms with Crippen LogP contribution in [0.15, 0.2) is 24.4 Å². The predicted octanol–water partition coefficient (Wildman–Crippen LogP) is 2.19. The van der Waals surface area contributed by atoms with Crippen LogP contribution in [-0.4, -0.2) is 65.7 Å². The van der Waals surface area contributed by atoms with Gasteiger partial charge in [-0.1, -0.05) is 6.07 Å². The molecule has 0 aromatic carbocycles. The Balaban J connectivity index is 1.27. The molecule has 1 aromatic heterocycles. The molecule has 3 fully saturated rings. The van der Waals surface area contributed by atoms with E-state index >= 15 is 0 Å². The highest BCUT2D eigenvalue weighted by molar-refractivity contribution is 5.76. The van der Waals surface area contributed by atoms with Gasteiger partial charge in [0.05, 0.1) is 13.1 Å². The van der Waals surface area contributed by atoms with Crippen molar-refractivity contribution < 1.29 is 9.53 Å². The molecular weight excluding hydrogens is 304 g/mol. The highest BCUT2D eigenvalue weighted by Crippen LogP contribution is 2.42. The van der Waals surface area contributed by atoms with E-state index in [1.807, 2.05) is 28.0 Å². The van der Waals surface area contributed by atoms with Crippen LogP contribution in [0.5, 0.6) is 0 Å². The minimum absolute atomic E-state index is 0.0961. The number of ether oxygens (including phenoxy) is 1. The van der Waals surface area contributed by atoms with E-state index in [9.17, 15) is 4.79 Å². The van der Waals surface area contributed by atoms with E-state index in [0.717, 1.165) is 70.8 Å². The van der Waals surface area contributed by atoms with Crippen molar-refractivity contribution in [2.75, 3.05) is 44.6 Å². The number of nitrogens with one attached hydrogen (secondary N) is 1. The summed E-state index contributed by atoms with van der Waals surface area (Å²) in [5.41, 5.74) is -0.0961. The molecular formula is C18H26N4O2. The topological polar surface area (TPSA) is 57.7 Å². The number of likely N-dealkylation sites (tertiary alicyclic amines) is 2. The summed E-state index contributed by atoms with van der Waals surface area (Å²) in [5.74, 6) is 1.45. The quantitative estimate of drug-likeness (QED) is 0.919. The summed E-state index contributed by atoms with van der Waals surface area (Å²) in [6.45, 7) is 5.07. The summed E-state index contributed by atoms with van der Waals surface area (Å²) in [4.78, 5) is 20.7. The molecule has 4 heterocycles. The molecule has 0 aliphatic carbocycles. The van der Waals surface area contributed by atoms with Crippen molar-refractivity contribution in [1.82, 2.24) is 14.8 Å². The maximum absolute atomic E-state index is 12.4. The van der Waals surface area contributed by atoms with E-state index in [0.29, 0.717) is 5.92 Å². The zero-order valence-electron chi connectivity index (χ0n) is 14.1. The molecule has 6 nitrogen and oxygen atoms in total. The van der Waals surface area contributed by atoms with Crippen LogP contribution in [0.25, 0.3) is 0 Å². The van der Waals surface area contributed by atoms with E-state index in [-0.39, 0.29) is 11.6 Å². The monoisotopic (exact) mass is 330 g/mol. The molecule has 130 valence electrons. The second kappa shape index (κ2) is 6.59. The van der Waals surface area contributed by atoms with Crippen molar-refractivity contribution >= 4 is 11.8 Å². The van der Waals surface area contributed by atoms with Gasteiger partial charge < -0.3 is 19.9 Å². The number of hydrogen-bond donors (Lipinski definition) is 1. The number of pyridine rings is 1. The lowest BCUT2D eigenvalue weighted by Gasteiger charge is -2.51. The first-order valence-corrected chi connectivity index (χ1v) is 9.10. The van der Waals surface area contributed by atoms with Gasteiger partial charge in [-0.15, -0.1) is 0 Å². The fourth-order valence-corrected chi connectivity index (χ4v) is 4.23. The normalized spacial score (nSPS) is 25.1. The van der Waals surface area contributed by atoms with Gasteiger partial charge in [-0.2, -0.15) is 0 Å². The van der Waals surface area contributed by atoms with Crippen molar-refractivity contribution in [3.8, 4) is 0 Å². The lowest BCUT2D eigenvalue weighted by Crippen LogP contribution is -2.67. The fourth-order valence-electron chi connectivity index (χ4n) is 4.23. The van der Waals surface area contributed by atoms with Gasteiger partial charge in [-0.05, 0) is 43.7 Å². The van der Waals surface area contributed by atoms with Gasteiger partial charge in [-0.25, -0.2) is 9.78 Å². The highest BCUT2D eigenvalue weighted by atomic mass is 16.5. The summed E-state index contributed by atoms with van der Waals surface area (Å²) in [6.07, 6.45) is 6.24. The number of carbonyl (C=O) groups excluding carboxylic acids is 1. The predicted molar refractivity (Wildman–Crippen MR) is 91.9 cm³/mol. The van der Waals surface area contributed by atoms with Gasteiger partial charge in [0.1, 0.15) is 11.4 Å². The second-order valence-corrected chi connectivity index (χ2v) is 7.16. The number of hydrogen-bond acceptors (Lipinski definition) is 4. The molecule has 6 heteroatoms. The minimum Gasteiger partial charge on any atom is -0.371 e. The molecule has 0 unspecified atom stereocenters. The van der Waals surface area contributed by atoms with E-state index in [2.05, 4.69) is 10.3 Å².